The number of aromatic nitrogens is 1. The lowest BCUT2D eigenvalue weighted by atomic mass is 10.1. The van der Waals surface area contributed by atoms with Crippen molar-refractivity contribution in [3.8, 4) is 0 Å². The first kappa shape index (κ1) is 9.84. The zero-order valence-corrected chi connectivity index (χ0v) is 9.25. The molecule has 3 aromatic rings. The summed E-state index contributed by atoms with van der Waals surface area (Å²) in [6.07, 6.45) is 0. The maximum atomic E-state index is 10.8. The first-order valence-corrected chi connectivity index (χ1v) is 5.30. The lowest BCUT2D eigenvalue weighted by molar-refractivity contribution is -0.384. The summed E-state index contributed by atoms with van der Waals surface area (Å²) in [5, 5.41) is 12.9. The largest absolute Gasteiger partial charge is 0.343 e. The van der Waals surface area contributed by atoms with E-state index >= 15 is 0 Å². The van der Waals surface area contributed by atoms with E-state index in [9.17, 15) is 10.1 Å². The Labute approximate surface area is 97.2 Å². The molecule has 17 heavy (non-hydrogen) atoms. The maximum absolute atomic E-state index is 10.8. The Morgan fingerprint density at radius 2 is 1.76 bits per heavy atom. The highest BCUT2D eigenvalue weighted by molar-refractivity contribution is 6.08. The molecule has 4 heteroatoms. The Hall–Kier alpha value is -2.36. The number of hydrogen-bond donors (Lipinski definition) is 0. The lowest BCUT2D eigenvalue weighted by Gasteiger charge is -1.97. The zero-order valence-electron chi connectivity index (χ0n) is 9.25. The predicted octanol–water partition coefficient (Wildman–Crippen LogP) is 3.24. The summed E-state index contributed by atoms with van der Waals surface area (Å²) in [7, 11) is 1.92. The number of non-ortho nitro benzene ring substituents is 1. The Morgan fingerprint density at radius 1 is 1.06 bits per heavy atom. The highest BCUT2D eigenvalue weighted by Gasteiger charge is 2.12. The van der Waals surface area contributed by atoms with E-state index in [1.165, 1.54) is 0 Å². The van der Waals surface area contributed by atoms with Gasteiger partial charge in [0.2, 0.25) is 0 Å². The standard InChI is InChI=1S/C13H10N2O2/c1-14-12-5-3-2-4-10(12)11-7-6-9(15(16)17)8-13(11)14/h2-8H,1H3. The van der Waals surface area contributed by atoms with Crippen molar-refractivity contribution < 1.29 is 4.92 Å². The zero-order chi connectivity index (χ0) is 12.0. The van der Waals surface area contributed by atoms with Gasteiger partial charge in [0.05, 0.1) is 10.4 Å². The number of benzene rings is 2. The number of nitro groups is 1. The quantitative estimate of drug-likeness (QED) is 0.472. The van der Waals surface area contributed by atoms with Crippen molar-refractivity contribution in [1.29, 1.82) is 0 Å². The minimum Gasteiger partial charge on any atom is -0.343 e. The molecule has 1 aromatic heterocycles. The summed E-state index contributed by atoms with van der Waals surface area (Å²) < 4.78 is 1.98. The molecule has 0 amide bonds. The van der Waals surface area contributed by atoms with Crippen LogP contribution in [0.15, 0.2) is 42.5 Å². The van der Waals surface area contributed by atoms with E-state index in [1.807, 2.05) is 41.9 Å². The SMILES string of the molecule is Cn1c2ccccc2c2ccc([N+](=O)[O-])cc21. The van der Waals surface area contributed by atoms with Gasteiger partial charge in [-0.3, -0.25) is 10.1 Å². The summed E-state index contributed by atoms with van der Waals surface area (Å²) in [5.74, 6) is 0. The van der Waals surface area contributed by atoms with Crippen LogP contribution in [-0.4, -0.2) is 9.49 Å². The van der Waals surface area contributed by atoms with Crippen LogP contribution in [0.25, 0.3) is 21.8 Å². The first-order valence-electron chi connectivity index (χ1n) is 5.30. The molecule has 0 fully saturated rings. The van der Waals surface area contributed by atoms with Crippen molar-refractivity contribution in [3.63, 3.8) is 0 Å². The Kier molecular flexibility index (Phi) is 1.92. The number of aryl methyl sites for hydroxylation is 1. The summed E-state index contributed by atoms with van der Waals surface area (Å²) in [4.78, 5) is 10.4. The molecule has 0 unspecified atom stereocenters. The molecule has 0 aliphatic carbocycles. The maximum Gasteiger partial charge on any atom is 0.271 e. The fraction of sp³-hybridized carbons (Fsp3) is 0.0769. The minimum atomic E-state index is -0.364. The molecule has 0 radical (unpaired) electrons. The Morgan fingerprint density at radius 3 is 2.53 bits per heavy atom. The highest BCUT2D eigenvalue weighted by Crippen LogP contribution is 2.30. The van der Waals surface area contributed by atoms with Gasteiger partial charge in [-0.15, -0.1) is 0 Å². The third-order valence-corrected chi connectivity index (χ3v) is 3.11. The molecule has 0 bridgehead atoms. The van der Waals surface area contributed by atoms with Crippen LogP contribution in [0.1, 0.15) is 0 Å². The molecule has 0 spiro atoms. The third-order valence-electron chi connectivity index (χ3n) is 3.11. The summed E-state index contributed by atoms with van der Waals surface area (Å²) >= 11 is 0. The molecule has 84 valence electrons. The highest BCUT2D eigenvalue weighted by atomic mass is 16.6. The van der Waals surface area contributed by atoms with Crippen LogP contribution >= 0.6 is 0 Å². The average Bonchev–Trinajstić information content (AvgIpc) is 2.64. The number of fused-ring (bicyclic) bond motifs is 3. The van der Waals surface area contributed by atoms with Crippen molar-refractivity contribution in [2.45, 2.75) is 0 Å². The van der Waals surface area contributed by atoms with E-state index in [2.05, 4.69) is 0 Å². The fourth-order valence-electron chi connectivity index (χ4n) is 2.26. The van der Waals surface area contributed by atoms with Crippen LogP contribution in [0.2, 0.25) is 0 Å². The normalized spacial score (nSPS) is 11.1. The second-order valence-electron chi connectivity index (χ2n) is 4.03. The van der Waals surface area contributed by atoms with Crippen molar-refractivity contribution in [3.05, 3.63) is 52.6 Å². The van der Waals surface area contributed by atoms with E-state index in [-0.39, 0.29) is 10.6 Å². The van der Waals surface area contributed by atoms with Gasteiger partial charge in [-0.1, -0.05) is 18.2 Å². The lowest BCUT2D eigenvalue weighted by Crippen LogP contribution is -1.90. The smallest absolute Gasteiger partial charge is 0.271 e. The molecule has 0 N–H and O–H groups in total. The molecule has 3 rings (SSSR count). The number of rotatable bonds is 1. The third kappa shape index (κ3) is 1.30. The van der Waals surface area contributed by atoms with Crippen molar-refractivity contribution in [1.82, 2.24) is 4.57 Å². The molecule has 1 heterocycles. The van der Waals surface area contributed by atoms with Crippen LogP contribution in [0, 0.1) is 10.1 Å². The first-order chi connectivity index (χ1) is 8.18. The van der Waals surface area contributed by atoms with Gasteiger partial charge in [0.15, 0.2) is 0 Å². The van der Waals surface area contributed by atoms with E-state index in [0.29, 0.717) is 0 Å². The molecular formula is C13H10N2O2. The summed E-state index contributed by atoms with van der Waals surface area (Å²) in [6.45, 7) is 0. The molecule has 0 aliphatic heterocycles. The van der Waals surface area contributed by atoms with Gasteiger partial charge >= 0.3 is 0 Å². The number of nitro benzene ring substituents is 1. The molecular weight excluding hydrogens is 216 g/mol. The van der Waals surface area contributed by atoms with Crippen LogP contribution in [0.3, 0.4) is 0 Å². The molecule has 0 aliphatic rings. The molecule has 4 nitrogen and oxygen atoms in total. The summed E-state index contributed by atoms with van der Waals surface area (Å²) in [5.41, 5.74) is 2.10. The van der Waals surface area contributed by atoms with Gasteiger partial charge in [0.25, 0.3) is 5.69 Å². The minimum absolute atomic E-state index is 0.128. The predicted molar refractivity (Wildman–Crippen MR) is 67.1 cm³/mol. The van der Waals surface area contributed by atoms with Gasteiger partial charge in [-0.2, -0.15) is 0 Å². The van der Waals surface area contributed by atoms with E-state index in [1.54, 1.807) is 12.1 Å². The van der Waals surface area contributed by atoms with Crippen LogP contribution in [0.4, 0.5) is 5.69 Å². The Balaban J connectivity index is 2.49. The van der Waals surface area contributed by atoms with Gasteiger partial charge in [-0.05, 0) is 12.1 Å². The molecule has 2 aromatic carbocycles. The number of para-hydroxylation sites is 1. The Bertz CT molecular complexity index is 744. The van der Waals surface area contributed by atoms with Crippen molar-refractivity contribution in [2.24, 2.45) is 7.05 Å². The van der Waals surface area contributed by atoms with E-state index < -0.39 is 0 Å². The van der Waals surface area contributed by atoms with Gasteiger partial charge in [0.1, 0.15) is 0 Å². The van der Waals surface area contributed by atoms with Crippen LogP contribution in [-0.2, 0) is 7.05 Å². The molecule has 0 saturated carbocycles. The van der Waals surface area contributed by atoms with Gasteiger partial charge in [-0.25, -0.2) is 0 Å². The second kappa shape index (κ2) is 3.31. The van der Waals surface area contributed by atoms with Gasteiger partial charge < -0.3 is 4.57 Å². The molecule has 0 saturated heterocycles. The van der Waals surface area contributed by atoms with Gasteiger partial charge in [0, 0.05) is 35.5 Å². The number of nitrogens with zero attached hydrogens (tertiary/aromatic N) is 2. The van der Waals surface area contributed by atoms with E-state index in [4.69, 9.17) is 0 Å². The van der Waals surface area contributed by atoms with Crippen LogP contribution < -0.4 is 0 Å². The van der Waals surface area contributed by atoms with Crippen molar-refractivity contribution >= 4 is 27.5 Å². The average molecular weight is 226 g/mol. The molecule has 0 atom stereocenters. The monoisotopic (exact) mass is 226 g/mol. The van der Waals surface area contributed by atoms with E-state index in [0.717, 1.165) is 21.8 Å². The fourth-order valence-corrected chi connectivity index (χ4v) is 2.26. The second-order valence-corrected chi connectivity index (χ2v) is 4.03. The number of hydrogen-bond acceptors (Lipinski definition) is 2. The topological polar surface area (TPSA) is 48.1 Å². The summed E-state index contributed by atoms with van der Waals surface area (Å²) in [6, 6.07) is 13.0. The van der Waals surface area contributed by atoms with Crippen LogP contribution in [0.5, 0.6) is 0 Å². The van der Waals surface area contributed by atoms with Crippen molar-refractivity contribution in [2.75, 3.05) is 0 Å².